The molecule has 6 aliphatic heterocycles. The lowest BCUT2D eigenvalue weighted by atomic mass is 10.0. The number of aromatic amines is 6. The van der Waals surface area contributed by atoms with E-state index in [0.717, 1.165) is 37.2 Å². The molecule has 0 bridgehead atoms. The lowest BCUT2D eigenvalue weighted by molar-refractivity contribution is -0.134. The SMILES string of the molecule is CC(C)(C)C.CC(C)(C)C.CC(C)(C)C.CC(C)(C)C.CC(C)(C)C.CC(C)(C)C.CC(C)(C)C.CC(C)(C)C.CC(C)(C)C.CC(C)C.COc1cccc(=O)[nH]1.NC1=NCCCN1.O=C1CCC(=O)N1.O=C1CCCC(=O)N1.O=C1CCNC(=O)N1.O=C1CNCC(=O)N1.O=C1CSC(=O)N1.O=c1[nH]cc(F)c(=O)[nH]1.O=c1cc[nH]c(=O)[nH]1.O=c1cccc[nH]1. The maximum Gasteiger partial charge on any atom is 0.325 e. The molecule has 10 rings (SSSR count). The van der Waals surface area contributed by atoms with Gasteiger partial charge in [0.05, 0.1) is 26.0 Å². The average Bonchev–Trinajstić information content (AvgIpc) is 1.80. The van der Waals surface area contributed by atoms with Crippen LogP contribution in [0.2, 0.25) is 0 Å². The summed E-state index contributed by atoms with van der Waals surface area (Å²) in [6, 6.07) is 10.5. The molecule has 4 aromatic heterocycles. The third kappa shape index (κ3) is 190. The van der Waals surface area contributed by atoms with Gasteiger partial charge in [-0.25, -0.2) is 14.4 Å². The smallest absolute Gasteiger partial charge is 0.325 e. The molecular formula is C92H173FN16O17S. The Bertz CT molecular complexity index is 3620. The number of H-pyrrole nitrogens is 6. The Hall–Kier alpha value is -9.93. The zero-order valence-electron chi connectivity index (χ0n) is 85.3. The number of ether oxygens (including phenoxy) is 1. The zero-order valence-corrected chi connectivity index (χ0v) is 86.1. The molecule has 5 saturated heterocycles. The molecular weight excluding hydrogens is 1650 g/mol. The Morgan fingerprint density at radius 1 is 0.378 bits per heavy atom. The summed E-state index contributed by atoms with van der Waals surface area (Å²) in [4.78, 5) is 180. The number of methoxy groups -OCH3 is 1. The molecule has 16 N–H and O–H groups in total. The van der Waals surface area contributed by atoms with Crippen molar-refractivity contribution < 1.29 is 57.1 Å². The number of nitrogens with zero attached hydrogens (tertiary/aromatic N) is 1. The van der Waals surface area contributed by atoms with Crippen LogP contribution in [0.1, 0.15) is 315 Å². The van der Waals surface area contributed by atoms with Gasteiger partial charge in [-0.15, -0.1) is 0 Å². The average molecular weight is 1830 g/mol. The monoisotopic (exact) mass is 1830 g/mol. The van der Waals surface area contributed by atoms with Crippen molar-refractivity contribution in [3.63, 3.8) is 0 Å². The number of piperidine rings is 1. The molecule has 0 spiro atoms. The zero-order chi connectivity index (χ0) is 102. The predicted molar refractivity (Wildman–Crippen MR) is 519 cm³/mol. The summed E-state index contributed by atoms with van der Waals surface area (Å²) in [5, 5.41) is 18.4. The first-order chi connectivity index (χ1) is 56.8. The van der Waals surface area contributed by atoms with Crippen LogP contribution in [0.3, 0.4) is 0 Å². The van der Waals surface area contributed by atoms with Crippen LogP contribution in [-0.2, 0) is 38.4 Å². The first-order valence-electron chi connectivity index (χ1n) is 42.2. The van der Waals surface area contributed by atoms with E-state index in [1.165, 1.54) is 31.5 Å². The minimum Gasteiger partial charge on any atom is -0.482 e. The molecule has 0 radical (unpaired) electrons. The van der Waals surface area contributed by atoms with Crippen molar-refractivity contribution in [2.75, 3.05) is 45.6 Å². The molecule has 736 valence electrons. The Morgan fingerprint density at radius 2 is 0.740 bits per heavy atom. The van der Waals surface area contributed by atoms with E-state index in [1.807, 2.05) is 9.97 Å². The molecule has 6 aliphatic rings. The Balaban J connectivity index is -0.000000142. The topological polar surface area (TPSA) is 512 Å². The van der Waals surface area contributed by atoms with Gasteiger partial charge >= 0.3 is 17.4 Å². The second kappa shape index (κ2) is 74.0. The number of hydrogen-bond acceptors (Lipinski definition) is 22. The number of urea groups is 1. The minimum absolute atomic E-state index is 0.0532. The first kappa shape index (κ1) is 138. The number of imide groups is 5. The van der Waals surface area contributed by atoms with Gasteiger partial charge in [-0.05, 0) is 79.6 Å². The van der Waals surface area contributed by atoms with Crippen molar-refractivity contribution in [1.82, 2.24) is 72.4 Å². The maximum absolute atomic E-state index is 12.0. The third-order valence-electron chi connectivity index (χ3n) is 8.29. The summed E-state index contributed by atoms with van der Waals surface area (Å²) in [5.74, 6) is -0.245. The van der Waals surface area contributed by atoms with Crippen molar-refractivity contribution in [2.24, 2.45) is 65.4 Å². The second-order valence-electron chi connectivity index (χ2n) is 43.4. The van der Waals surface area contributed by atoms with Gasteiger partial charge in [-0.3, -0.25) is 114 Å². The lowest BCUT2D eigenvalue weighted by Crippen LogP contribution is -2.48. The largest absolute Gasteiger partial charge is 0.482 e. The Morgan fingerprint density at radius 3 is 0.929 bits per heavy atom. The van der Waals surface area contributed by atoms with E-state index in [4.69, 9.17) is 10.5 Å². The highest BCUT2D eigenvalue weighted by Gasteiger charge is 2.18. The minimum atomic E-state index is -1.00. The molecule has 0 aliphatic carbocycles. The van der Waals surface area contributed by atoms with E-state index in [0.29, 0.717) is 118 Å². The van der Waals surface area contributed by atoms with Gasteiger partial charge < -0.3 is 36.1 Å². The molecule has 35 heteroatoms. The summed E-state index contributed by atoms with van der Waals surface area (Å²) in [6.45, 7) is 88.1. The number of hydrogen-bond donors (Lipinski definition) is 15. The molecule has 5 fully saturated rings. The number of carbonyl (C=O) groups excluding carboxylic acids is 10. The Labute approximate surface area is 763 Å². The van der Waals surface area contributed by atoms with Gasteiger partial charge in [0.25, 0.3) is 21.9 Å². The molecule has 0 aromatic carbocycles. The lowest BCUT2D eigenvalue weighted by Gasteiger charge is -2.10. The van der Waals surface area contributed by atoms with Crippen LogP contribution in [-0.4, -0.2) is 140 Å². The first-order valence-corrected chi connectivity index (χ1v) is 43.2. The van der Waals surface area contributed by atoms with Crippen LogP contribution in [0.25, 0.3) is 0 Å². The molecule has 33 nitrogen and oxygen atoms in total. The fraction of sp³-hybridized carbons (Fsp3) is 0.685. The standard InChI is InChI=1S/C6H7NO2.C5H7NO2.C5H5NO.9C5H12.C4H3FN2O2.C4H9N3.2C4H6N2O2.C4H4N2O2.C4H5NO2.C4H10.C3H3NO2S/c1-9-6-4-2-3-5(8)7-6;7-4-2-1-3-5(8)6-4;7-5-3-1-2-4-6-5;9*1-5(2,3)4;5-2-1-6-4(9)7-3(2)8;5-4-6-2-1-3-7-4;7-3-1-5-2-4(8)6-3;2*7-3-1-2-5-4(8)6-3;6-3-1-2-4(7)5-3;1-4(2)3;5-2-1-7-3(6)4-2/h2-4H,1H3,(H,7,8);1-3H2,(H,6,7,8);1-4H,(H,6,7);9*1-4H3;1H,(H2,6,7,8,9);1-3H2,(H3,5,6,7);5H,1-2H2,(H,6,7,8);1-2H2,(H2,5,6,7,8);1-2H,(H2,5,6,7,8);1-2H2,(H,5,6,7);4H,1-3H3;1H2,(H,4,5,6). The summed E-state index contributed by atoms with van der Waals surface area (Å²) in [7, 11) is 1.51. The summed E-state index contributed by atoms with van der Waals surface area (Å²) in [5.41, 5.74) is 7.01. The van der Waals surface area contributed by atoms with E-state index in [9.17, 15) is 81.1 Å². The van der Waals surface area contributed by atoms with Gasteiger partial charge in [0, 0.05) is 88.5 Å². The Kier molecular flexibility index (Phi) is 80.2. The fourth-order valence-electron chi connectivity index (χ4n) is 4.82. The van der Waals surface area contributed by atoms with Crippen LogP contribution in [0.4, 0.5) is 14.0 Å². The van der Waals surface area contributed by atoms with Crippen LogP contribution in [0.5, 0.6) is 5.88 Å². The number of guanidine groups is 1. The van der Waals surface area contributed by atoms with E-state index in [1.54, 1.807) is 35.4 Å². The van der Waals surface area contributed by atoms with Crippen LogP contribution < -0.4 is 86.6 Å². The van der Waals surface area contributed by atoms with Gasteiger partial charge in [0.2, 0.25) is 58.6 Å². The summed E-state index contributed by atoms with van der Waals surface area (Å²) in [6.07, 6.45) is 7.58. The van der Waals surface area contributed by atoms with Gasteiger partial charge in [0.1, 0.15) is 0 Å². The number of carbonyl (C=O) groups is 10. The maximum atomic E-state index is 12.0. The quantitative estimate of drug-likeness (QED) is 0.0787. The highest BCUT2D eigenvalue weighted by molar-refractivity contribution is 8.14. The van der Waals surface area contributed by atoms with Gasteiger partial charge in [-0.1, -0.05) is 294 Å². The summed E-state index contributed by atoms with van der Waals surface area (Å²) >= 11 is 1.01. The van der Waals surface area contributed by atoms with Crippen LogP contribution in [0.15, 0.2) is 94.8 Å². The molecule has 0 saturated carbocycles. The molecule has 11 amide bonds. The van der Waals surface area contributed by atoms with Crippen LogP contribution in [0, 0.1) is 60.5 Å². The van der Waals surface area contributed by atoms with Crippen molar-refractivity contribution in [1.29, 1.82) is 0 Å². The molecule has 0 atom stereocenters. The van der Waals surface area contributed by atoms with E-state index in [2.05, 4.69) is 333 Å². The second-order valence-corrected chi connectivity index (χ2v) is 44.3. The molecule has 10 heterocycles. The fourth-order valence-corrected chi connectivity index (χ4v) is 5.34. The third-order valence-corrected chi connectivity index (χ3v) is 9.06. The number of halogens is 1. The van der Waals surface area contributed by atoms with Crippen molar-refractivity contribution in [2.45, 2.75) is 315 Å². The molecule has 4 aromatic rings. The van der Waals surface area contributed by atoms with Crippen molar-refractivity contribution >= 4 is 76.2 Å². The van der Waals surface area contributed by atoms with E-state index >= 15 is 0 Å². The van der Waals surface area contributed by atoms with E-state index < -0.39 is 22.8 Å². The van der Waals surface area contributed by atoms with E-state index in [-0.39, 0.29) is 88.3 Å². The number of pyridine rings is 2. The molecule has 0 unspecified atom stereocenters. The number of aliphatic imine (C=N–C) groups is 1. The number of amides is 11. The van der Waals surface area contributed by atoms with Crippen molar-refractivity contribution in [3.05, 3.63) is 129 Å². The predicted octanol–water partition coefficient (Wildman–Crippen LogP) is 15.1. The number of rotatable bonds is 1. The highest BCUT2D eigenvalue weighted by atomic mass is 32.2. The number of nitrogens with two attached hydrogens (primary N) is 1. The number of aromatic nitrogens is 6. The number of thioether (sulfide) groups is 1. The molecule has 127 heavy (non-hydrogen) atoms. The van der Waals surface area contributed by atoms with Crippen molar-refractivity contribution in [3.8, 4) is 5.88 Å². The highest BCUT2D eigenvalue weighted by Crippen LogP contribution is 2.13. The van der Waals surface area contributed by atoms with Gasteiger partial charge in [0.15, 0.2) is 11.8 Å². The van der Waals surface area contributed by atoms with Crippen LogP contribution >= 0.6 is 11.8 Å². The normalized spacial score (nSPS) is 14.0. The number of nitrogens with one attached hydrogen (secondary N) is 14. The van der Waals surface area contributed by atoms with Gasteiger partial charge in [-0.2, -0.15) is 4.39 Å². The number of piperazine rings is 1. The summed E-state index contributed by atoms with van der Waals surface area (Å²) < 4.78 is 16.7.